The average Bonchev–Trinajstić information content (AvgIpc) is 2.53. The van der Waals surface area contributed by atoms with E-state index in [1.165, 1.54) is 26.4 Å². The second kappa shape index (κ2) is 7.64. The van der Waals surface area contributed by atoms with Crippen LogP contribution in [0.4, 0.5) is 5.69 Å². The van der Waals surface area contributed by atoms with Crippen molar-refractivity contribution in [2.45, 2.75) is 45.4 Å². The van der Waals surface area contributed by atoms with Crippen LogP contribution < -0.4 is 4.90 Å². The van der Waals surface area contributed by atoms with E-state index in [4.69, 9.17) is 16.3 Å². The van der Waals surface area contributed by atoms with Gasteiger partial charge in [0.05, 0.1) is 7.11 Å². The second-order valence-electron chi connectivity index (χ2n) is 5.44. The summed E-state index contributed by atoms with van der Waals surface area (Å²) < 4.78 is 4.78. The molecule has 2 rings (SSSR count). The quantitative estimate of drug-likeness (QED) is 0.612. The second-order valence-corrected chi connectivity index (χ2v) is 5.80. The molecule has 1 aliphatic rings. The lowest BCUT2D eigenvalue weighted by Gasteiger charge is -2.31. The van der Waals surface area contributed by atoms with E-state index >= 15 is 0 Å². The van der Waals surface area contributed by atoms with Crippen molar-refractivity contribution in [2.24, 2.45) is 0 Å². The molecule has 1 aliphatic heterocycles. The van der Waals surface area contributed by atoms with Gasteiger partial charge in [-0.15, -0.1) is 0 Å². The lowest BCUT2D eigenvalue weighted by atomic mass is 10.0. The molecule has 5 heteroatoms. The Morgan fingerprint density at radius 3 is 2.71 bits per heavy atom. The highest BCUT2D eigenvalue weighted by atomic mass is 35.5. The number of nitrogens with zero attached hydrogens (tertiary/aromatic N) is 2. The molecule has 0 atom stereocenters. The van der Waals surface area contributed by atoms with Crippen LogP contribution in [-0.2, 0) is 11.2 Å². The van der Waals surface area contributed by atoms with Gasteiger partial charge in [0.15, 0.2) is 5.69 Å². The minimum atomic E-state index is -0.433. The molecular weight excluding hydrogens is 288 g/mol. The number of carbonyl (C=O) groups is 1. The average molecular weight is 311 g/mol. The Kier molecular flexibility index (Phi) is 5.85. The molecule has 4 nitrogen and oxygen atoms in total. The van der Waals surface area contributed by atoms with Crippen LogP contribution in [0.2, 0.25) is 5.15 Å². The van der Waals surface area contributed by atoms with E-state index in [0.717, 1.165) is 43.6 Å². The molecule has 116 valence electrons. The molecule has 2 heterocycles. The monoisotopic (exact) mass is 310 g/mol. The minimum absolute atomic E-state index is 0.295. The Balaban J connectivity index is 2.39. The smallest absolute Gasteiger partial charge is 0.356 e. The SMILES string of the molecule is CCCCc1c(N2CCCCC2)cc(C(=O)OC)nc1Cl. The first-order valence-corrected chi connectivity index (χ1v) is 8.07. The van der Waals surface area contributed by atoms with Crippen molar-refractivity contribution in [1.29, 1.82) is 0 Å². The molecular formula is C16H23ClN2O2. The lowest BCUT2D eigenvalue weighted by Crippen LogP contribution is -2.30. The van der Waals surface area contributed by atoms with Crippen LogP contribution in [0.3, 0.4) is 0 Å². The van der Waals surface area contributed by atoms with E-state index in [1.807, 2.05) is 6.07 Å². The number of hydrogen-bond acceptors (Lipinski definition) is 4. The molecule has 1 fully saturated rings. The van der Waals surface area contributed by atoms with Crippen LogP contribution in [0.15, 0.2) is 6.07 Å². The summed E-state index contributed by atoms with van der Waals surface area (Å²) in [5, 5.41) is 0.437. The molecule has 0 amide bonds. The van der Waals surface area contributed by atoms with Crippen molar-refractivity contribution >= 4 is 23.3 Å². The maximum absolute atomic E-state index is 11.8. The first-order valence-electron chi connectivity index (χ1n) is 7.70. The third-order valence-electron chi connectivity index (χ3n) is 3.92. The van der Waals surface area contributed by atoms with Crippen molar-refractivity contribution in [2.75, 3.05) is 25.1 Å². The van der Waals surface area contributed by atoms with Crippen molar-refractivity contribution in [3.63, 3.8) is 0 Å². The van der Waals surface area contributed by atoms with Gasteiger partial charge in [0.25, 0.3) is 0 Å². The largest absolute Gasteiger partial charge is 0.464 e. The third kappa shape index (κ3) is 3.88. The lowest BCUT2D eigenvalue weighted by molar-refractivity contribution is 0.0594. The zero-order valence-corrected chi connectivity index (χ0v) is 13.6. The predicted octanol–water partition coefficient (Wildman–Crippen LogP) is 3.85. The molecule has 0 saturated carbocycles. The fraction of sp³-hybridized carbons (Fsp3) is 0.625. The Morgan fingerprint density at radius 1 is 1.38 bits per heavy atom. The minimum Gasteiger partial charge on any atom is -0.464 e. The highest BCUT2D eigenvalue weighted by Gasteiger charge is 2.21. The Bertz CT molecular complexity index is 499. The van der Waals surface area contributed by atoms with Gasteiger partial charge in [-0.05, 0) is 38.2 Å². The third-order valence-corrected chi connectivity index (χ3v) is 4.23. The van der Waals surface area contributed by atoms with Gasteiger partial charge in [-0.25, -0.2) is 9.78 Å². The fourth-order valence-electron chi connectivity index (χ4n) is 2.74. The van der Waals surface area contributed by atoms with Gasteiger partial charge in [0.1, 0.15) is 5.15 Å². The number of hydrogen-bond donors (Lipinski definition) is 0. The first kappa shape index (κ1) is 16.1. The van der Waals surface area contributed by atoms with E-state index in [2.05, 4.69) is 16.8 Å². The molecule has 0 spiro atoms. The van der Waals surface area contributed by atoms with Crippen LogP contribution in [0, 0.1) is 0 Å². The standard InChI is InChI=1S/C16H23ClN2O2/c1-3-4-8-12-14(19-9-6-5-7-10-19)11-13(16(20)21-2)18-15(12)17/h11H,3-10H2,1-2H3. The van der Waals surface area contributed by atoms with Gasteiger partial charge < -0.3 is 9.64 Å². The van der Waals surface area contributed by atoms with Crippen molar-refractivity contribution in [3.8, 4) is 0 Å². The van der Waals surface area contributed by atoms with E-state index in [-0.39, 0.29) is 0 Å². The van der Waals surface area contributed by atoms with Crippen molar-refractivity contribution < 1.29 is 9.53 Å². The molecule has 21 heavy (non-hydrogen) atoms. The molecule has 0 bridgehead atoms. The van der Waals surface area contributed by atoms with Crippen LogP contribution >= 0.6 is 11.6 Å². The van der Waals surface area contributed by atoms with Gasteiger partial charge in [-0.3, -0.25) is 0 Å². The number of esters is 1. The summed E-state index contributed by atoms with van der Waals surface area (Å²) in [6, 6.07) is 1.84. The fourth-order valence-corrected chi connectivity index (χ4v) is 3.02. The van der Waals surface area contributed by atoms with Crippen LogP contribution in [0.1, 0.15) is 55.1 Å². The zero-order valence-electron chi connectivity index (χ0n) is 12.8. The van der Waals surface area contributed by atoms with E-state index in [0.29, 0.717) is 10.8 Å². The Hall–Kier alpha value is -1.29. The summed E-state index contributed by atoms with van der Waals surface area (Å²) in [6.45, 7) is 4.19. The molecule has 1 aromatic heterocycles. The van der Waals surface area contributed by atoms with Gasteiger partial charge in [0.2, 0.25) is 0 Å². The zero-order chi connectivity index (χ0) is 15.2. The maximum atomic E-state index is 11.8. The maximum Gasteiger partial charge on any atom is 0.356 e. The molecule has 1 saturated heterocycles. The van der Waals surface area contributed by atoms with Gasteiger partial charge in [-0.2, -0.15) is 0 Å². The number of ether oxygens (including phenoxy) is 1. The Morgan fingerprint density at radius 2 is 2.10 bits per heavy atom. The number of piperidine rings is 1. The molecule has 1 aromatic rings. The number of halogens is 1. The highest BCUT2D eigenvalue weighted by Crippen LogP contribution is 2.31. The van der Waals surface area contributed by atoms with E-state index in [9.17, 15) is 4.79 Å². The number of carbonyl (C=O) groups excluding carboxylic acids is 1. The predicted molar refractivity (Wildman–Crippen MR) is 85.3 cm³/mol. The molecule has 0 N–H and O–H groups in total. The topological polar surface area (TPSA) is 42.4 Å². The van der Waals surface area contributed by atoms with E-state index < -0.39 is 5.97 Å². The number of rotatable bonds is 5. The van der Waals surface area contributed by atoms with Gasteiger partial charge in [-0.1, -0.05) is 24.9 Å². The molecule has 0 aliphatic carbocycles. The number of aromatic nitrogens is 1. The summed E-state index contributed by atoms with van der Waals surface area (Å²) in [5.74, 6) is -0.433. The first-order chi connectivity index (χ1) is 10.2. The van der Waals surface area contributed by atoms with E-state index in [1.54, 1.807) is 0 Å². The van der Waals surface area contributed by atoms with Crippen molar-refractivity contribution in [3.05, 3.63) is 22.5 Å². The van der Waals surface area contributed by atoms with Crippen LogP contribution in [0.25, 0.3) is 0 Å². The number of anilines is 1. The molecule has 0 radical (unpaired) electrons. The Labute approximate surface area is 131 Å². The van der Waals surface area contributed by atoms with Crippen LogP contribution in [-0.4, -0.2) is 31.2 Å². The summed E-state index contributed by atoms with van der Waals surface area (Å²) in [7, 11) is 1.36. The normalized spacial score (nSPS) is 15.1. The summed E-state index contributed by atoms with van der Waals surface area (Å²) >= 11 is 6.35. The van der Waals surface area contributed by atoms with Crippen LogP contribution in [0.5, 0.6) is 0 Å². The molecule has 0 unspecified atom stereocenters. The molecule has 0 aromatic carbocycles. The number of pyridine rings is 1. The van der Waals surface area contributed by atoms with Gasteiger partial charge >= 0.3 is 5.97 Å². The summed E-state index contributed by atoms with van der Waals surface area (Å²) in [4.78, 5) is 18.3. The summed E-state index contributed by atoms with van der Waals surface area (Å²) in [6.07, 6.45) is 6.70. The van der Waals surface area contributed by atoms with Gasteiger partial charge in [0, 0.05) is 24.3 Å². The highest BCUT2D eigenvalue weighted by molar-refractivity contribution is 6.30. The van der Waals surface area contributed by atoms with Crippen molar-refractivity contribution in [1.82, 2.24) is 4.98 Å². The number of methoxy groups -OCH3 is 1. The number of unbranched alkanes of at least 4 members (excludes halogenated alkanes) is 1. The summed E-state index contributed by atoms with van der Waals surface area (Å²) in [5.41, 5.74) is 2.42.